The van der Waals surface area contributed by atoms with Crippen LogP contribution in [0.5, 0.6) is 0 Å². The van der Waals surface area contributed by atoms with Gasteiger partial charge in [0.25, 0.3) is 0 Å². The van der Waals surface area contributed by atoms with Gasteiger partial charge in [-0.05, 0) is 13.8 Å². The molecule has 2 N–H and O–H groups in total. The lowest BCUT2D eigenvalue weighted by molar-refractivity contribution is 0.376. The maximum atomic E-state index is 13.7. The summed E-state index contributed by atoms with van der Waals surface area (Å²) in [6.45, 7) is 3.06. The van der Waals surface area contributed by atoms with Crippen molar-refractivity contribution in [1.29, 1.82) is 0 Å². The first-order valence-corrected chi connectivity index (χ1v) is 6.15. The van der Waals surface area contributed by atoms with Crippen LogP contribution >= 0.6 is 12.2 Å². The first kappa shape index (κ1) is 16.6. The van der Waals surface area contributed by atoms with E-state index in [1.807, 2.05) is 0 Å². The molecule has 0 aliphatic heterocycles. The van der Waals surface area contributed by atoms with E-state index in [1.165, 1.54) is 0 Å². The number of anilines is 1. The molecule has 112 valence electrons. The molecule has 8 heteroatoms. The molecule has 1 aromatic rings. The van der Waals surface area contributed by atoms with Crippen molar-refractivity contribution in [3.8, 4) is 0 Å². The molecule has 0 radical (unpaired) electrons. The van der Waals surface area contributed by atoms with E-state index in [2.05, 4.69) is 12.2 Å². The highest BCUT2D eigenvalue weighted by Crippen LogP contribution is 2.31. The van der Waals surface area contributed by atoms with Crippen LogP contribution in [0.25, 0.3) is 0 Å². The van der Waals surface area contributed by atoms with E-state index in [0.717, 1.165) is 4.90 Å². The molecule has 20 heavy (non-hydrogen) atoms. The van der Waals surface area contributed by atoms with E-state index in [1.54, 1.807) is 13.8 Å². The number of nitrogens with two attached hydrogens (primary N) is 1. The Labute approximate surface area is 118 Å². The van der Waals surface area contributed by atoms with Crippen molar-refractivity contribution in [2.24, 2.45) is 5.73 Å². The first-order valence-electron chi connectivity index (χ1n) is 5.74. The summed E-state index contributed by atoms with van der Waals surface area (Å²) >= 11 is 4.64. The van der Waals surface area contributed by atoms with E-state index in [0.29, 0.717) is 0 Å². The second kappa shape index (κ2) is 6.34. The Morgan fingerprint density at radius 1 is 1.00 bits per heavy atom. The van der Waals surface area contributed by atoms with Crippen LogP contribution in [0.4, 0.5) is 27.6 Å². The molecule has 0 aromatic heterocycles. The monoisotopic (exact) mass is 312 g/mol. The largest absolute Gasteiger partial charge is 0.393 e. The van der Waals surface area contributed by atoms with E-state index in [4.69, 9.17) is 5.73 Å². The number of hydrogen-bond acceptors (Lipinski definition) is 2. The van der Waals surface area contributed by atoms with Crippen molar-refractivity contribution in [3.63, 3.8) is 0 Å². The van der Waals surface area contributed by atoms with E-state index in [9.17, 15) is 22.0 Å². The fourth-order valence-electron chi connectivity index (χ4n) is 1.70. The lowest BCUT2D eigenvalue weighted by Gasteiger charge is -2.29. The van der Waals surface area contributed by atoms with Crippen molar-refractivity contribution in [1.82, 2.24) is 0 Å². The summed E-state index contributed by atoms with van der Waals surface area (Å²) in [5, 5.41) is 0. The third-order valence-corrected chi connectivity index (χ3v) is 2.90. The molecule has 0 fully saturated rings. The molecule has 1 rings (SSSR count). The van der Waals surface area contributed by atoms with Gasteiger partial charge in [0.1, 0.15) is 5.69 Å². The standard InChI is InChI=1S/C12H13F5N2S/c1-5(2)19(4-3-6(18)20)12-10(16)8(14)7(13)9(15)11(12)17/h5H,3-4H2,1-2H3,(H2,18,20). The molecule has 0 atom stereocenters. The molecule has 0 aliphatic carbocycles. The zero-order valence-electron chi connectivity index (χ0n) is 10.8. The Morgan fingerprint density at radius 3 is 1.75 bits per heavy atom. The summed E-state index contributed by atoms with van der Waals surface area (Å²) in [5.74, 6) is -9.85. The highest BCUT2D eigenvalue weighted by Gasteiger charge is 2.29. The molecular weight excluding hydrogens is 299 g/mol. The van der Waals surface area contributed by atoms with Crippen LogP contribution in [-0.4, -0.2) is 17.6 Å². The zero-order valence-corrected chi connectivity index (χ0v) is 11.6. The van der Waals surface area contributed by atoms with Crippen LogP contribution in [0, 0.1) is 29.1 Å². The fourth-order valence-corrected chi connectivity index (χ4v) is 1.80. The first-order chi connectivity index (χ1) is 9.18. The van der Waals surface area contributed by atoms with Gasteiger partial charge in [-0.2, -0.15) is 0 Å². The second-order valence-corrected chi connectivity index (χ2v) is 4.95. The molecule has 0 aliphatic rings. The van der Waals surface area contributed by atoms with Gasteiger partial charge in [0.15, 0.2) is 23.3 Å². The maximum Gasteiger partial charge on any atom is 0.200 e. The minimum absolute atomic E-state index is 0.0502. The quantitative estimate of drug-likeness (QED) is 0.392. The van der Waals surface area contributed by atoms with Gasteiger partial charge in [-0.1, -0.05) is 12.2 Å². The summed E-state index contributed by atoms with van der Waals surface area (Å²) in [5.41, 5.74) is 4.32. The molecule has 0 amide bonds. The van der Waals surface area contributed by atoms with Gasteiger partial charge in [0, 0.05) is 19.0 Å². The Kier molecular flexibility index (Phi) is 5.27. The molecule has 0 saturated carbocycles. The van der Waals surface area contributed by atoms with Crippen molar-refractivity contribution >= 4 is 22.9 Å². The number of hydrogen-bond donors (Lipinski definition) is 1. The Bertz CT molecular complexity index is 504. The maximum absolute atomic E-state index is 13.7. The number of nitrogens with zero attached hydrogens (tertiary/aromatic N) is 1. The predicted molar refractivity (Wildman–Crippen MR) is 70.1 cm³/mol. The van der Waals surface area contributed by atoms with Gasteiger partial charge in [-0.3, -0.25) is 0 Å². The lowest BCUT2D eigenvalue weighted by atomic mass is 10.2. The second-order valence-electron chi connectivity index (χ2n) is 4.42. The normalized spacial score (nSPS) is 11.0. The van der Waals surface area contributed by atoms with Crippen molar-refractivity contribution in [3.05, 3.63) is 29.1 Å². The van der Waals surface area contributed by atoms with E-state index in [-0.39, 0.29) is 18.0 Å². The van der Waals surface area contributed by atoms with Gasteiger partial charge in [0.2, 0.25) is 5.82 Å². The van der Waals surface area contributed by atoms with Crippen LogP contribution in [0.1, 0.15) is 20.3 Å². The van der Waals surface area contributed by atoms with Gasteiger partial charge in [0.05, 0.1) is 4.99 Å². The summed E-state index contributed by atoms with van der Waals surface area (Å²) in [7, 11) is 0. The van der Waals surface area contributed by atoms with Gasteiger partial charge >= 0.3 is 0 Å². The van der Waals surface area contributed by atoms with Crippen molar-refractivity contribution in [2.45, 2.75) is 26.3 Å². The van der Waals surface area contributed by atoms with Crippen LogP contribution in [0.2, 0.25) is 0 Å². The average Bonchev–Trinajstić information content (AvgIpc) is 2.37. The topological polar surface area (TPSA) is 29.3 Å². The molecule has 0 unspecified atom stereocenters. The molecule has 0 spiro atoms. The average molecular weight is 312 g/mol. The minimum Gasteiger partial charge on any atom is -0.393 e. The number of halogens is 5. The van der Waals surface area contributed by atoms with Crippen LogP contribution in [-0.2, 0) is 0 Å². The summed E-state index contributed by atoms with van der Waals surface area (Å²) in [4.78, 5) is 1.12. The SMILES string of the molecule is CC(C)N(CCC(N)=S)c1c(F)c(F)c(F)c(F)c1F. The Hall–Kier alpha value is -1.44. The molecule has 0 bridgehead atoms. The smallest absolute Gasteiger partial charge is 0.200 e. The Balaban J connectivity index is 3.37. The van der Waals surface area contributed by atoms with Crippen LogP contribution in [0.3, 0.4) is 0 Å². The molecule has 0 saturated heterocycles. The van der Waals surface area contributed by atoms with Gasteiger partial charge in [-0.15, -0.1) is 0 Å². The van der Waals surface area contributed by atoms with Gasteiger partial charge in [-0.25, -0.2) is 22.0 Å². The lowest BCUT2D eigenvalue weighted by Crippen LogP contribution is -2.35. The molecule has 2 nitrogen and oxygen atoms in total. The number of thiocarbonyl (C=S) groups is 1. The van der Waals surface area contributed by atoms with Crippen LogP contribution in [0.15, 0.2) is 0 Å². The van der Waals surface area contributed by atoms with Crippen molar-refractivity contribution < 1.29 is 22.0 Å². The highest BCUT2D eigenvalue weighted by molar-refractivity contribution is 7.80. The Morgan fingerprint density at radius 2 is 1.40 bits per heavy atom. The van der Waals surface area contributed by atoms with E-state index >= 15 is 0 Å². The molecule has 0 heterocycles. The summed E-state index contributed by atoms with van der Waals surface area (Å²) in [6, 6.07) is -0.502. The highest BCUT2D eigenvalue weighted by atomic mass is 32.1. The van der Waals surface area contributed by atoms with Gasteiger partial charge < -0.3 is 10.6 Å². The molecule has 1 aromatic carbocycles. The summed E-state index contributed by atoms with van der Waals surface area (Å²) in [6.07, 6.45) is 0.0903. The summed E-state index contributed by atoms with van der Waals surface area (Å²) < 4.78 is 66.8. The predicted octanol–water partition coefficient (Wildman–Crippen LogP) is 3.27. The number of benzene rings is 1. The van der Waals surface area contributed by atoms with E-state index < -0.39 is 40.8 Å². The molecular formula is C12H13F5N2S. The van der Waals surface area contributed by atoms with Crippen LogP contribution < -0.4 is 10.6 Å². The zero-order chi connectivity index (χ0) is 15.6. The fraction of sp³-hybridized carbons (Fsp3) is 0.417. The third-order valence-electron chi connectivity index (χ3n) is 2.70. The van der Waals surface area contributed by atoms with Crippen molar-refractivity contribution in [2.75, 3.05) is 11.4 Å². The third kappa shape index (κ3) is 3.17. The minimum atomic E-state index is -2.18. The number of rotatable bonds is 5.